The molecule has 154 valence electrons. The largest absolute Gasteiger partial charge is 0.372 e. The Morgan fingerprint density at radius 2 is 1.93 bits per heavy atom. The predicted molar refractivity (Wildman–Crippen MR) is 105 cm³/mol. The van der Waals surface area contributed by atoms with Crippen LogP contribution in [-0.2, 0) is 19.1 Å². The highest BCUT2D eigenvalue weighted by molar-refractivity contribution is 6.39. The molecule has 4 rings (SSSR count). The molecule has 10 heteroatoms. The van der Waals surface area contributed by atoms with Gasteiger partial charge < -0.3 is 15.0 Å². The third-order valence-electron chi connectivity index (χ3n) is 5.24. The van der Waals surface area contributed by atoms with Crippen molar-refractivity contribution in [3.8, 4) is 0 Å². The second-order valence-corrected chi connectivity index (χ2v) is 7.80. The number of aryl methyl sites for hydroxylation is 1. The van der Waals surface area contributed by atoms with Crippen LogP contribution < -0.4 is 5.32 Å². The predicted octanol–water partition coefficient (Wildman–Crippen LogP) is 0.751. The molecule has 1 aromatic heterocycles. The average Bonchev–Trinajstić information content (AvgIpc) is 3.26. The van der Waals surface area contributed by atoms with Gasteiger partial charge in [-0.15, -0.1) is 0 Å². The molecule has 29 heavy (non-hydrogen) atoms. The van der Waals surface area contributed by atoms with Gasteiger partial charge in [-0.05, 0) is 40.0 Å². The highest BCUT2D eigenvalue weighted by Gasteiger charge is 2.34. The van der Waals surface area contributed by atoms with Gasteiger partial charge in [-0.1, -0.05) is 0 Å². The third kappa shape index (κ3) is 3.84. The van der Waals surface area contributed by atoms with Crippen LogP contribution in [0.5, 0.6) is 0 Å². The third-order valence-corrected chi connectivity index (χ3v) is 5.24. The standard InChI is InChI=1S/C19H24N6O4/c1-10-7-15(21-17(27)18(28)24-8-11(2)29-12(3)9-24)25(23-10)19-20-14-6-4-5-13(14)16(26)22-19/h7,11-13H,4-6,8-9H2,1-3H3,(H,21,27). The van der Waals surface area contributed by atoms with E-state index >= 15 is 0 Å². The van der Waals surface area contributed by atoms with Crippen molar-refractivity contribution in [3.63, 3.8) is 0 Å². The van der Waals surface area contributed by atoms with Crippen LogP contribution in [0.15, 0.2) is 16.1 Å². The Hall–Kier alpha value is -2.88. The minimum atomic E-state index is -0.776. The molecule has 3 unspecified atom stereocenters. The summed E-state index contributed by atoms with van der Waals surface area (Å²) >= 11 is 0. The smallest absolute Gasteiger partial charge is 0.315 e. The molecule has 0 bridgehead atoms. The summed E-state index contributed by atoms with van der Waals surface area (Å²) in [6.07, 6.45) is 2.15. The second kappa shape index (κ2) is 7.51. The van der Waals surface area contributed by atoms with Crippen molar-refractivity contribution in [1.29, 1.82) is 0 Å². The molecule has 2 fully saturated rings. The first-order valence-corrected chi connectivity index (χ1v) is 9.84. The maximum atomic E-state index is 12.6. The van der Waals surface area contributed by atoms with Crippen LogP contribution in [0.2, 0.25) is 0 Å². The first-order valence-electron chi connectivity index (χ1n) is 9.84. The van der Waals surface area contributed by atoms with Gasteiger partial charge in [0.05, 0.1) is 23.8 Å². The topological polar surface area (TPSA) is 118 Å². The number of nitrogens with zero attached hydrogens (tertiary/aromatic N) is 5. The lowest BCUT2D eigenvalue weighted by molar-refractivity contribution is -0.151. The number of hydrogen-bond donors (Lipinski definition) is 1. The molecule has 1 saturated carbocycles. The quantitative estimate of drug-likeness (QED) is 0.698. The van der Waals surface area contributed by atoms with Crippen LogP contribution in [0.25, 0.3) is 0 Å². The zero-order valence-corrected chi connectivity index (χ0v) is 16.7. The lowest BCUT2D eigenvalue weighted by Gasteiger charge is -2.34. The average molecular weight is 400 g/mol. The van der Waals surface area contributed by atoms with Crippen molar-refractivity contribution in [2.45, 2.75) is 52.2 Å². The minimum Gasteiger partial charge on any atom is -0.372 e. The number of anilines is 1. The fourth-order valence-corrected chi connectivity index (χ4v) is 4.05. The number of aromatic nitrogens is 2. The molecular weight excluding hydrogens is 376 g/mol. The Bertz CT molecular complexity index is 923. The van der Waals surface area contributed by atoms with E-state index in [0.717, 1.165) is 25.0 Å². The van der Waals surface area contributed by atoms with Crippen LogP contribution in [0, 0.1) is 12.8 Å². The van der Waals surface area contributed by atoms with Crippen molar-refractivity contribution >= 4 is 35.2 Å². The van der Waals surface area contributed by atoms with E-state index in [9.17, 15) is 14.4 Å². The molecule has 1 aromatic rings. The number of carbonyl (C=O) groups is 3. The van der Waals surface area contributed by atoms with Crippen LogP contribution in [0.4, 0.5) is 5.82 Å². The number of aliphatic imine (C=N–C) groups is 2. The van der Waals surface area contributed by atoms with Crippen molar-refractivity contribution < 1.29 is 19.1 Å². The van der Waals surface area contributed by atoms with Gasteiger partial charge in [-0.3, -0.25) is 14.4 Å². The molecule has 2 aliphatic heterocycles. The zero-order valence-electron chi connectivity index (χ0n) is 16.7. The number of hydrogen-bond acceptors (Lipinski definition) is 6. The Balaban J connectivity index is 1.54. The molecule has 3 atom stereocenters. The van der Waals surface area contributed by atoms with Crippen LogP contribution in [0.3, 0.4) is 0 Å². The minimum absolute atomic E-state index is 0.118. The van der Waals surface area contributed by atoms with Crippen LogP contribution in [-0.4, -0.2) is 69.4 Å². The van der Waals surface area contributed by atoms with E-state index in [1.54, 1.807) is 13.0 Å². The fourth-order valence-electron chi connectivity index (χ4n) is 4.05. The van der Waals surface area contributed by atoms with E-state index in [1.165, 1.54) is 9.58 Å². The summed E-state index contributed by atoms with van der Waals surface area (Å²) in [4.78, 5) is 47.5. The highest BCUT2D eigenvalue weighted by atomic mass is 16.5. The van der Waals surface area contributed by atoms with Gasteiger partial charge in [-0.2, -0.15) is 14.8 Å². The molecule has 1 saturated heterocycles. The van der Waals surface area contributed by atoms with Crippen molar-refractivity contribution in [3.05, 3.63) is 11.8 Å². The Labute approximate surface area is 168 Å². The monoisotopic (exact) mass is 400 g/mol. The van der Waals surface area contributed by atoms with E-state index in [2.05, 4.69) is 20.4 Å². The molecular formula is C19H24N6O4. The Morgan fingerprint density at radius 3 is 2.66 bits per heavy atom. The van der Waals surface area contributed by atoms with Crippen molar-refractivity contribution in [1.82, 2.24) is 14.7 Å². The van der Waals surface area contributed by atoms with Gasteiger partial charge in [0.25, 0.3) is 11.9 Å². The number of morpholine rings is 1. The second-order valence-electron chi connectivity index (χ2n) is 7.80. The maximum Gasteiger partial charge on any atom is 0.315 e. The van der Waals surface area contributed by atoms with Gasteiger partial charge >= 0.3 is 11.8 Å². The van der Waals surface area contributed by atoms with E-state index in [-0.39, 0.29) is 35.8 Å². The summed E-state index contributed by atoms with van der Waals surface area (Å²) < 4.78 is 6.92. The molecule has 1 N–H and O–H groups in total. The van der Waals surface area contributed by atoms with Gasteiger partial charge in [0, 0.05) is 24.9 Å². The molecule has 3 amide bonds. The Kier molecular flexibility index (Phi) is 5.03. The van der Waals surface area contributed by atoms with Crippen molar-refractivity contribution in [2.75, 3.05) is 18.4 Å². The molecule has 0 spiro atoms. The number of carbonyl (C=O) groups excluding carboxylic acids is 3. The first kappa shape index (κ1) is 19.4. The number of rotatable bonds is 1. The highest BCUT2D eigenvalue weighted by Crippen LogP contribution is 2.27. The fraction of sp³-hybridized carbons (Fsp3) is 0.579. The zero-order chi connectivity index (χ0) is 20.7. The summed E-state index contributed by atoms with van der Waals surface area (Å²) in [5.74, 6) is -1.52. The summed E-state index contributed by atoms with van der Waals surface area (Å²) in [6.45, 7) is 6.17. The van der Waals surface area contributed by atoms with Crippen LogP contribution >= 0.6 is 0 Å². The maximum absolute atomic E-state index is 12.6. The summed E-state index contributed by atoms with van der Waals surface area (Å²) in [7, 11) is 0. The summed E-state index contributed by atoms with van der Waals surface area (Å²) in [5.41, 5.74) is 1.41. The molecule has 0 aromatic carbocycles. The van der Waals surface area contributed by atoms with E-state index < -0.39 is 11.8 Å². The molecule has 0 radical (unpaired) electrons. The Morgan fingerprint density at radius 1 is 1.21 bits per heavy atom. The van der Waals surface area contributed by atoms with E-state index in [1.807, 2.05) is 13.8 Å². The molecule has 3 heterocycles. The van der Waals surface area contributed by atoms with Crippen molar-refractivity contribution in [2.24, 2.45) is 15.9 Å². The van der Waals surface area contributed by atoms with E-state index in [0.29, 0.717) is 18.8 Å². The summed E-state index contributed by atoms with van der Waals surface area (Å²) in [5, 5.41) is 6.90. The molecule has 10 nitrogen and oxygen atoms in total. The molecule has 3 aliphatic rings. The number of ether oxygens (including phenoxy) is 1. The van der Waals surface area contributed by atoms with E-state index in [4.69, 9.17) is 4.74 Å². The number of fused-ring (bicyclic) bond motifs is 1. The SMILES string of the molecule is Cc1cc(NC(=O)C(=O)N2CC(C)OC(C)C2)n(C2=NC(=O)C3CCCC3=N2)n1. The number of nitrogens with one attached hydrogen (secondary N) is 1. The van der Waals surface area contributed by atoms with Gasteiger partial charge in [0.2, 0.25) is 0 Å². The lowest BCUT2D eigenvalue weighted by Crippen LogP contribution is -2.51. The van der Waals surface area contributed by atoms with Gasteiger partial charge in [-0.25, -0.2) is 4.99 Å². The molecule has 1 aliphatic carbocycles. The van der Waals surface area contributed by atoms with Crippen LogP contribution in [0.1, 0.15) is 38.8 Å². The number of amides is 3. The normalized spacial score (nSPS) is 26.7. The van der Waals surface area contributed by atoms with Gasteiger partial charge in [0.1, 0.15) is 5.82 Å². The van der Waals surface area contributed by atoms with Gasteiger partial charge in [0.15, 0.2) is 0 Å². The summed E-state index contributed by atoms with van der Waals surface area (Å²) in [6, 6.07) is 1.61. The lowest BCUT2D eigenvalue weighted by atomic mass is 10.1. The first-order chi connectivity index (χ1) is 13.8.